The molecule has 0 radical (unpaired) electrons. The number of ketones is 1. The lowest BCUT2D eigenvalue weighted by Crippen LogP contribution is -2.55. The van der Waals surface area contributed by atoms with E-state index in [2.05, 4.69) is 20.8 Å². The Kier molecular flexibility index (Phi) is 7.95. The Labute approximate surface area is 226 Å². The molecule has 202 valence electrons. The molecule has 4 rings (SSSR count). The van der Waals surface area contributed by atoms with Crippen LogP contribution in [0.25, 0.3) is 0 Å². The molecule has 0 aliphatic heterocycles. The summed E-state index contributed by atoms with van der Waals surface area (Å²) >= 11 is 13.8. The van der Waals surface area contributed by atoms with Crippen molar-refractivity contribution in [2.24, 2.45) is 40.4 Å². The van der Waals surface area contributed by atoms with Crippen LogP contribution in [0, 0.1) is 40.4 Å². The van der Waals surface area contributed by atoms with Crippen LogP contribution in [0.3, 0.4) is 0 Å². The first-order chi connectivity index (χ1) is 16.9. The lowest BCUT2D eigenvalue weighted by molar-refractivity contribution is -0.140. The fourth-order valence-electron chi connectivity index (χ4n) is 8.82. The first kappa shape index (κ1) is 28.0. The lowest BCUT2D eigenvalue weighted by Gasteiger charge is -2.59. The molecule has 0 aromatic rings. The van der Waals surface area contributed by atoms with E-state index < -0.39 is 5.60 Å². The molecule has 7 heteroatoms. The first-order valence-electron chi connectivity index (χ1n) is 13.7. The number of hydrogen-bond acceptors (Lipinski definition) is 5. The molecule has 2 unspecified atom stereocenters. The Bertz CT molecular complexity index is 915. The molecule has 0 spiro atoms. The van der Waals surface area contributed by atoms with E-state index in [1.165, 1.54) is 0 Å². The van der Waals surface area contributed by atoms with Crippen molar-refractivity contribution >= 4 is 41.9 Å². The summed E-state index contributed by atoms with van der Waals surface area (Å²) in [6, 6.07) is 0. The van der Waals surface area contributed by atoms with E-state index in [9.17, 15) is 14.4 Å². The zero-order valence-electron chi connectivity index (χ0n) is 22.4. The largest absolute Gasteiger partial charge is 0.460 e. The quantitative estimate of drug-likeness (QED) is 0.237. The van der Waals surface area contributed by atoms with Crippen molar-refractivity contribution in [1.29, 1.82) is 0 Å². The van der Waals surface area contributed by atoms with Gasteiger partial charge in [-0.05, 0) is 105 Å². The number of Topliss-reactive ketones (excluding diaryl/α,β-unsaturated/α-hetero) is 1. The van der Waals surface area contributed by atoms with Crippen molar-refractivity contribution in [2.75, 3.05) is 0 Å². The number of ether oxygens (including phenoxy) is 2. The van der Waals surface area contributed by atoms with Crippen LogP contribution in [-0.4, -0.2) is 35.1 Å². The molecular weight excluding hydrogens is 499 g/mol. The maximum Gasteiger partial charge on any atom is 0.298 e. The third-order valence-corrected chi connectivity index (χ3v) is 12.2. The minimum absolute atomic E-state index is 0.136. The van der Waals surface area contributed by atoms with Gasteiger partial charge in [-0.2, -0.15) is 0 Å². The Morgan fingerprint density at radius 2 is 1.81 bits per heavy atom. The third kappa shape index (κ3) is 4.55. The highest BCUT2D eigenvalue weighted by molar-refractivity contribution is 6.22. The monoisotopic (exact) mass is 540 g/mol. The summed E-state index contributed by atoms with van der Waals surface area (Å²) in [7, 11) is 0. The molecule has 4 aliphatic rings. The molecule has 36 heavy (non-hydrogen) atoms. The van der Waals surface area contributed by atoms with Crippen molar-refractivity contribution in [3.63, 3.8) is 0 Å². The first-order valence-corrected chi connectivity index (χ1v) is 14.5. The Balaban J connectivity index is 1.56. The Hall–Kier alpha value is -1.07. The Morgan fingerprint density at radius 1 is 1.08 bits per heavy atom. The lowest BCUT2D eigenvalue weighted by atomic mass is 9.46. The van der Waals surface area contributed by atoms with Crippen LogP contribution in [0.2, 0.25) is 0 Å². The number of carbonyl (C=O) groups excluding carboxylic acids is 3. The van der Waals surface area contributed by atoms with Crippen LogP contribution >= 0.6 is 23.2 Å². The molecule has 3 fully saturated rings. The van der Waals surface area contributed by atoms with E-state index >= 15 is 0 Å². The summed E-state index contributed by atoms with van der Waals surface area (Å²) in [4.78, 5) is 34.7. The van der Waals surface area contributed by atoms with Gasteiger partial charge in [-0.25, -0.2) is 0 Å². The molecule has 0 amide bonds. The highest BCUT2D eigenvalue weighted by atomic mass is 35.5. The highest BCUT2D eigenvalue weighted by Gasteiger charge is 2.63. The van der Waals surface area contributed by atoms with Crippen LogP contribution in [0.1, 0.15) is 92.4 Å². The van der Waals surface area contributed by atoms with Gasteiger partial charge in [-0.3, -0.25) is 14.4 Å². The maximum absolute atomic E-state index is 12.4. The zero-order valence-corrected chi connectivity index (χ0v) is 23.9. The second-order valence-corrected chi connectivity index (χ2v) is 13.9. The molecule has 3 saturated carbocycles. The third-order valence-electron chi connectivity index (χ3n) is 10.9. The fourth-order valence-corrected chi connectivity index (χ4v) is 9.53. The molecule has 0 N–H and O–H groups in total. The van der Waals surface area contributed by atoms with Gasteiger partial charge in [0.25, 0.3) is 12.9 Å². The molecule has 4 aliphatic carbocycles. The van der Waals surface area contributed by atoms with E-state index in [1.807, 2.05) is 13.8 Å². The number of fused-ring (bicyclic) bond motifs is 5. The summed E-state index contributed by atoms with van der Waals surface area (Å²) in [5.74, 6) is 2.92. The summed E-state index contributed by atoms with van der Waals surface area (Å²) in [5, 5.41) is -0.613. The van der Waals surface area contributed by atoms with Gasteiger partial charge in [-0.1, -0.05) is 20.8 Å². The van der Waals surface area contributed by atoms with Crippen molar-refractivity contribution in [3.8, 4) is 0 Å². The number of halogens is 2. The highest BCUT2D eigenvalue weighted by Crippen LogP contribution is 2.68. The number of alkyl halides is 2. The van der Waals surface area contributed by atoms with E-state index in [1.54, 1.807) is 0 Å². The minimum atomic E-state index is -0.688. The summed E-state index contributed by atoms with van der Waals surface area (Å²) in [5.41, 5.74) is 0.317. The minimum Gasteiger partial charge on any atom is -0.460 e. The van der Waals surface area contributed by atoms with Gasteiger partial charge in [0.2, 0.25) is 0 Å². The molecule has 0 bridgehead atoms. The van der Waals surface area contributed by atoms with Crippen molar-refractivity contribution < 1.29 is 23.9 Å². The van der Waals surface area contributed by atoms with Crippen LogP contribution in [0.5, 0.6) is 0 Å². The van der Waals surface area contributed by atoms with Crippen LogP contribution in [0.4, 0.5) is 0 Å². The van der Waals surface area contributed by atoms with E-state index in [0.717, 1.165) is 50.5 Å². The molecule has 0 aromatic heterocycles. The number of carbonyl (C=O) groups is 3. The molecule has 0 heterocycles. The van der Waals surface area contributed by atoms with E-state index in [4.69, 9.17) is 32.7 Å². The van der Waals surface area contributed by atoms with Gasteiger partial charge in [0.05, 0.1) is 10.8 Å². The number of rotatable bonds is 9. The number of hydrogen-bond donors (Lipinski definition) is 0. The second kappa shape index (κ2) is 10.2. The van der Waals surface area contributed by atoms with Crippen molar-refractivity contribution in [3.05, 3.63) is 11.3 Å². The van der Waals surface area contributed by atoms with Crippen LogP contribution < -0.4 is 0 Å². The maximum atomic E-state index is 12.4. The normalized spacial score (nSPS) is 40.0. The molecular formula is C29H42Cl2O5. The van der Waals surface area contributed by atoms with Crippen LogP contribution in [0.15, 0.2) is 11.3 Å². The zero-order chi connectivity index (χ0) is 26.5. The second-order valence-electron chi connectivity index (χ2n) is 12.9. The SMILES string of the molecule is C[C@H](CCC(Cl)C(C)(C)OC=O)[C@H]1CC[C@H]2[C@@H]3C(Cl)C(OC=O)=C4CC(=O)CC[C@]4(C)[C@H]3CC[C@]12C. The van der Waals surface area contributed by atoms with E-state index in [0.29, 0.717) is 55.2 Å². The summed E-state index contributed by atoms with van der Waals surface area (Å²) in [6.45, 7) is 11.8. The standard InChI is InChI=1S/C29H42Cl2O5/c1-17(6-9-23(30)27(2,3)36-16-33)19-7-8-20-24-21(11-13-28(19,20)4)29(5)12-10-18(34)14-22(29)26(25(24)31)35-15-32/h15-17,19-21,23-25H,6-14H2,1-5H3/t17-,19-,20+,21+,23?,24+,25?,28-,29-/m1/s1. The van der Waals surface area contributed by atoms with Crippen molar-refractivity contribution in [2.45, 2.75) is 109 Å². The molecule has 0 saturated heterocycles. The summed E-state index contributed by atoms with van der Waals surface area (Å²) < 4.78 is 10.8. The van der Waals surface area contributed by atoms with Gasteiger partial charge >= 0.3 is 0 Å². The summed E-state index contributed by atoms with van der Waals surface area (Å²) in [6.07, 6.45) is 8.07. The van der Waals surface area contributed by atoms with Crippen LogP contribution in [-0.2, 0) is 23.9 Å². The molecule has 0 aromatic carbocycles. The van der Waals surface area contributed by atoms with Gasteiger partial charge in [-0.15, -0.1) is 23.2 Å². The van der Waals surface area contributed by atoms with E-state index in [-0.39, 0.29) is 33.3 Å². The predicted molar refractivity (Wildman–Crippen MR) is 141 cm³/mol. The predicted octanol–water partition coefficient (Wildman–Crippen LogP) is 6.83. The molecule has 5 nitrogen and oxygen atoms in total. The Morgan fingerprint density at radius 3 is 2.47 bits per heavy atom. The smallest absolute Gasteiger partial charge is 0.298 e. The average molecular weight is 542 g/mol. The fraction of sp³-hybridized carbons (Fsp3) is 0.828. The number of allylic oxidation sites excluding steroid dienone is 2. The van der Waals surface area contributed by atoms with Gasteiger partial charge < -0.3 is 9.47 Å². The topological polar surface area (TPSA) is 69.7 Å². The van der Waals surface area contributed by atoms with Gasteiger partial charge in [0.15, 0.2) is 0 Å². The van der Waals surface area contributed by atoms with Gasteiger partial charge in [0, 0.05) is 12.8 Å². The van der Waals surface area contributed by atoms with Crippen molar-refractivity contribution in [1.82, 2.24) is 0 Å². The average Bonchev–Trinajstić information content (AvgIpc) is 3.18. The molecule has 9 atom stereocenters. The van der Waals surface area contributed by atoms with Gasteiger partial charge in [0.1, 0.15) is 17.1 Å².